The first-order valence-electron chi connectivity index (χ1n) is 8.25. The minimum Gasteiger partial charge on any atom is -0.368 e. The van der Waals surface area contributed by atoms with Crippen molar-refractivity contribution in [1.29, 1.82) is 0 Å². The Hall–Kier alpha value is -2.87. The number of morpholine rings is 1. The van der Waals surface area contributed by atoms with Crippen LogP contribution >= 0.6 is 0 Å². The number of fused-ring (bicyclic) bond motifs is 1. The largest absolute Gasteiger partial charge is 0.368 e. The van der Waals surface area contributed by atoms with Gasteiger partial charge in [-0.15, -0.1) is 5.10 Å². The van der Waals surface area contributed by atoms with Gasteiger partial charge in [-0.3, -0.25) is 14.8 Å². The Morgan fingerprint density at radius 2 is 2.20 bits per heavy atom. The van der Waals surface area contributed by atoms with E-state index in [-0.39, 0.29) is 12.0 Å². The average Bonchev–Trinajstić information content (AvgIpc) is 3.10. The van der Waals surface area contributed by atoms with Crippen molar-refractivity contribution in [3.05, 3.63) is 48.5 Å². The molecule has 1 atom stereocenters. The SMILES string of the molecule is O=C(CCn1nnc2ccccc21)N1CCOC(c2cnccn2)C1. The molecule has 0 radical (unpaired) electrons. The van der Waals surface area contributed by atoms with E-state index in [1.165, 1.54) is 0 Å². The van der Waals surface area contributed by atoms with E-state index in [4.69, 9.17) is 4.74 Å². The Kier molecular flexibility index (Phi) is 4.34. The maximum absolute atomic E-state index is 12.6. The molecule has 1 fully saturated rings. The number of amides is 1. The molecule has 0 saturated carbocycles. The Balaban J connectivity index is 1.39. The highest BCUT2D eigenvalue weighted by molar-refractivity contribution is 5.77. The predicted molar refractivity (Wildman–Crippen MR) is 89.5 cm³/mol. The molecule has 128 valence electrons. The monoisotopic (exact) mass is 338 g/mol. The van der Waals surface area contributed by atoms with E-state index in [1.807, 2.05) is 29.2 Å². The summed E-state index contributed by atoms with van der Waals surface area (Å²) in [4.78, 5) is 22.7. The summed E-state index contributed by atoms with van der Waals surface area (Å²) in [5.74, 6) is 0.0803. The number of ether oxygens (including phenoxy) is 1. The fraction of sp³-hybridized carbons (Fsp3) is 0.353. The van der Waals surface area contributed by atoms with E-state index in [9.17, 15) is 4.79 Å². The number of hydrogen-bond acceptors (Lipinski definition) is 6. The summed E-state index contributed by atoms with van der Waals surface area (Å²) in [5, 5.41) is 8.24. The van der Waals surface area contributed by atoms with Crippen molar-refractivity contribution in [3.8, 4) is 0 Å². The summed E-state index contributed by atoms with van der Waals surface area (Å²) < 4.78 is 7.50. The molecule has 3 heterocycles. The molecule has 1 aromatic carbocycles. The topological polar surface area (TPSA) is 86.0 Å². The molecule has 8 nitrogen and oxygen atoms in total. The summed E-state index contributed by atoms with van der Waals surface area (Å²) in [6, 6.07) is 7.73. The van der Waals surface area contributed by atoms with Crippen LogP contribution in [0.25, 0.3) is 11.0 Å². The molecule has 3 aromatic rings. The molecular weight excluding hydrogens is 320 g/mol. The van der Waals surface area contributed by atoms with Gasteiger partial charge in [-0.05, 0) is 12.1 Å². The smallest absolute Gasteiger partial charge is 0.224 e. The summed E-state index contributed by atoms with van der Waals surface area (Å²) >= 11 is 0. The molecule has 2 aromatic heterocycles. The Morgan fingerprint density at radius 3 is 3.08 bits per heavy atom. The molecule has 1 aliphatic heterocycles. The van der Waals surface area contributed by atoms with Gasteiger partial charge in [-0.25, -0.2) is 4.68 Å². The van der Waals surface area contributed by atoms with Gasteiger partial charge < -0.3 is 9.64 Å². The number of benzene rings is 1. The number of aryl methyl sites for hydroxylation is 1. The molecule has 1 unspecified atom stereocenters. The Bertz CT molecular complexity index is 866. The van der Waals surface area contributed by atoms with Gasteiger partial charge in [0.15, 0.2) is 0 Å². The van der Waals surface area contributed by atoms with Gasteiger partial charge in [0.05, 0.1) is 37.1 Å². The Labute approximate surface area is 144 Å². The highest BCUT2D eigenvalue weighted by Crippen LogP contribution is 2.20. The van der Waals surface area contributed by atoms with E-state index in [2.05, 4.69) is 20.3 Å². The van der Waals surface area contributed by atoms with Gasteiger partial charge in [-0.1, -0.05) is 17.3 Å². The summed E-state index contributed by atoms with van der Waals surface area (Å²) in [5.41, 5.74) is 2.53. The van der Waals surface area contributed by atoms with Crippen molar-refractivity contribution in [2.24, 2.45) is 0 Å². The third-order valence-corrected chi connectivity index (χ3v) is 4.29. The fourth-order valence-electron chi connectivity index (χ4n) is 2.97. The van der Waals surface area contributed by atoms with E-state index in [0.717, 1.165) is 16.7 Å². The van der Waals surface area contributed by atoms with Crippen LogP contribution in [0.3, 0.4) is 0 Å². The van der Waals surface area contributed by atoms with Crippen LogP contribution in [-0.2, 0) is 16.1 Å². The van der Waals surface area contributed by atoms with Crippen molar-refractivity contribution in [2.45, 2.75) is 19.1 Å². The van der Waals surface area contributed by atoms with Crippen LogP contribution in [0.5, 0.6) is 0 Å². The molecule has 8 heteroatoms. The van der Waals surface area contributed by atoms with Crippen molar-refractivity contribution in [2.75, 3.05) is 19.7 Å². The lowest BCUT2D eigenvalue weighted by Gasteiger charge is -2.32. The number of hydrogen-bond donors (Lipinski definition) is 0. The lowest BCUT2D eigenvalue weighted by atomic mass is 10.2. The molecule has 4 rings (SSSR count). The third-order valence-electron chi connectivity index (χ3n) is 4.29. The van der Waals surface area contributed by atoms with Crippen LogP contribution in [0.15, 0.2) is 42.9 Å². The van der Waals surface area contributed by atoms with Crippen molar-refractivity contribution < 1.29 is 9.53 Å². The van der Waals surface area contributed by atoms with Crippen LogP contribution in [0.4, 0.5) is 0 Å². The fourth-order valence-corrected chi connectivity index (χ4v) is 2.97. The predicted octanol–water partition coefficient (Wildman–Crippen LogP) is 1.21. The number of nitrogens with zero attached hydrogens (tertiary/aromatic N) is 6. The zero-order valence-electron chi connectivity index (χ0n) is 13.7. The lowest BCUT2D eigenvalue weighted by Crippen LogP contribution is -2.42. The summed E-state index contributed by atoms with van der Waals surface area (Å²) in [6.07, 6.45) is 5.09. The van der Waals surface area contributed by atoms with Crippen LogP contribution in [0.2, 0.25) is 0 Å². The normalized spacial score (nSPS) is 17.8. The highest BCUT2D eigenvalue weighted by atomic mass is 16.5. The Morgan fingerprint density at radius 1 is 1.28 bits per heavy atom. The van der Waals surface area contributed by atoms with Crippen molar-refractivity contribution in [1.82, 2.24) is 29.9 Å². The molecule has 1 saturated heterocycles. The van der Waals surface area contributed by atoms with Gasteiger partial charge in [-0.2, -0.15) is 0 Å². The van der Waals surface area contributed by atoms with E-state index in [1.54, 1.807) is 23.3 Å². The number of carbonyl (C=O) groups is 1. The van der Waals surface area contributed by atoms with Gasteiger partial charge in [0.1, 0.15) is 11.6 Å². The lowest BCUT2D eigenvalue weighted by molar-refractivity contribution is -0.139. The maximum Gasteiger partial charge on any atom is 0.224 e. The van der Waals surface area contributed by atoms with E-state index < -0.39 is 0 Å². The molecule has 0 bridgehead atoms. The first-order chi connectivity index (χ1) is 12.3. The zero-order chi connectivity index (χ0) is 17.1. The van der Waals surface area contributed by atoms with Crippen LogP contribution in [0.1, 0.15) is 18.2 Å². The summed E-state index contributed by atoms with van der Waals surface area (Å²) in [6.45, 7) is 2.09. The maximum atomic E-state index is 12.6. The molecule has 25 heavy (non-hydrogen) atoms. The molecule has 0 N–H and O–H groups in total. The van der Waals surface area contributed by atoms with Gasteiger partial charge in [0, 0.05) is 25.4 Å². The number of para-hydroxylation sites is 1. The molecule has 0 aliphatic carbocycles. The van der Waals surface area contributed by atoms with Crippen molar-refractivity contribution >= 4 is 16.9 Å². The van der Waals surface area contributed by atoms with E-state index >= 15 is 0 Å². The van der Waals surface area contributed by atoms with Crippen LogP contribution in [-0.4, -0.2) is 55.5 Å². The second kappa shape index (κ2) is 6.94. The molecular formula is C17H18N6O2. The molecule has 1 amide bonds. The van der Waals surface area contributed by atoms with Crippen molar-refractivity contribution in [3.63, 3.8) is 0 Å². The van der Waals surface area contributed by atoms with Crippen LogP contribution < -0.4 is 0 Å². The minimum atomic E-state index is -0.224. The number of aromatic nitrogens is 5. The second-order valence-corrected chi connectivity index (χ2v) is 5.88. The summed E-state index contributed by atoms with van der Waals surface area (Å²) in [7, 11) is 0. The van der Waals surface area contributed by atoms with Gasteiger partial charge in [0.25, 0.3) is 0 Å². The standard InChI is InChI=1S/C17H18N6O2/c24-17(5-8-23-15-4-2-1-3-13(15)20-21-23)22-9-10-25-16(12-22)14-11-18-6-7-19-14/h1-4,6-7,11,16H,5,8-10,12H2. The number of rotatable bonds is 4. The van der Waals surface area contributed by atoms with Gasteiger partial charge >= 0.3 is 0 Å². The van der Waals surface area contributed by atoms with Gasteiger partial charge in [0.2, 0.25) is 5.91 Å². The molecule has 0 spiro atoms. The average molecular weight is 338 g/mol. The highest BCUT2D eigenvalue weighted by Gasteiger charge is 2.26. The molecule has 1 aliphatic rings. The van der Waals surface area contributed by atoms with Crippen LogP contribution in [0, 0.1) is 0 Å². The number of carbonyl (C=O) groups excluding carboxylic acids is 1. The first-order valence-corrected chi connectivity index (χ1v) is 8.25. The third kappa shape index (κ3) is 3.34. The van der Waals surface area contributed by atoms with E-state index in [0.29, 0.717) is 32.7 Å². The second-order valence-electron chi connectivity index (χ2n) is 5.88. The first kappa shape index (κ1) is 15.6. The quantitative estimate of drug-likeness (QED) is 0.711. The zero-order valence-corrected chi connectivity index (χ0v) is 13.7. The minimum absolute atomic E-state index is 0.0803.